The monoisotopic (exact) mass is 513 g/mol. The number of carbonyl (C=O) groups excluding carboxylic acids is 2. The Kier molecular flexibility index (Phi) is 7.61. The first-order valence-corrected chi connectivity index (χ1v) is 11.7. The molecule has 188 valence electrons. The van der Waals surface area contributed by atoms with Gasteiger partial charge in [-0.15, -0.1) is 0 Å². The molecule has 0 radical (unpaired) electrons. The fraction of sp³-hybridized carbons (Fsp3) is 0.458. The molecule has 2 amide bonds. The standard InChI is InChI=1S/C24H24ClF4N3O3/c1-2-14-3-4-20(32(14)24(34)12-5-6-30-19(7-12)22(28)29)23(33)31-21(13-10-35-11-13)15-8-18(27)16(25)9-17(15)26/h5-9,13-14,20-22H,2-4,10-11H2,1H3,(H,31,33)/t14-,20-,21?/m1/s1. The second-order valence-electron chi connectivity index (χ2n) is 8.71. The van der Waals surface area contributed by atoms with Crippen LogP contribution in [0.2, 0.25) is 5.02 Å². The summed E-state index contributed by atoms with van der Waals surface area (Å²) in [5.41, 5.74) is -0.593. The number of amides is 2. The second kappa shape index (κ2) is 10.5. The molecule has 0 aliphatic carbocycles. The van der Waals surface area contributed by atoms with E-state index in [9.17, 15) is 27.2 Å². The van der Waals surface area contributed by atoms with Crippen molar-refractivity contribution in [3.05, 3.63) is 63.9 Å². The van der Waals surface area contributed by atoms with Crippen molar-refractivity contribution < 1.29 is 31.9 Å². The minimum Gasteiger partial charge on any atom is -0.381 e. The zero-order valence-corrected chi connectivity index (χ0v) is 19.6. The number of nitrogens with one attached hydrogen (secondary N) is 1. The minimum atomic E-state index is -2.84. The number of aromatic nitrogens is 1. The summed E-state index contributed by atoms with van der Waals surface area (Å²) in [7, 11) is 0. The molecule has 6 nitrogen and oxygen atoms in total. The van der Waals surface area contributed by atoms with E-state index < -0.39 is 47.7 Å². The van der Waals surface area contributed by atoms with Crippen LogP contribution in [0.15, 0.2) is 30.5 Å². The van der Waals surface area contributed by atoms with Gasteiger partial charge in [0.05, 0.1) is 24.3 Å². The zero-order valence-electron chi connectivity index (χ0n) is 18.8. The Bertz CT molecular complexity index is 1120. The summed E-state index contributed by atoms with van der Waals surface area (Å²) < 4.78 is 60.3. The molecule has 1 aromatic carbocycles. The van der Waals surface area contributed by atoms with Crippen LogP contribution in [-0.2, 0) is 9.53 Å². The molecule has 3 heterocycles. The predicted octanol–water partition coefficient (Wildman–Crippen LogP) is 4.84. The molecule has 1 aromatic heterocycles. The summed E-state index contributed by atoms with van der Waals surface area (Å²) in [5, 5.41) is 2.41. The molecule has 2 aliphatic rings. The molecular weight excluding hydrogens is 490 g/mol. The van der Waals surface area contributed by atoms with E-state index >= 15 is 0 Å². The molecule has 4 rings (SSSR count). The van der Waals surface area contributed by atoms with Gasteiger partial charge in [0.15, 0.2) is 0 Å². The van der Waals surface area contributed by atoms with Crippen LogP contribution in [0, 0.1) is 17.6 Å². The van der Waals surface area contributed by atoms with Crippen LogP contribution in [0.25, 0.3) is 0 Å². The number of carbonyl (C=O) groups is 2. The first-order valence-electron chi connectivity index (χ1n) is 11.3. The molecule has 35 heavy (non-hydrogen) atoms. The molecule has 2 aromatic rings. The van der Waals surface area contributed by atoms with Crippen LogP contribution in [0.3, 0.4) is 0 Å². The molecule has 3 atom stereocenters. The van der Waals surface area contributed by atoms with Gasteiger partial charge in [0.25, 0.3) is 12.3 Å². The summed E-state index contributed by atoms with van der Waals surface area (Å²) in [6.07, 6.45) is -0.282. The number of likely N-dealkylation sites (tertiary alicyclic amines) is 1. The van der Waals surface area contributed by atoms with Gasteiger partial charge in [-0.1, -0.05) is 18.5 Å². The zero-order chi connectivity index (χ0) is 25.3. The lowest BCUT2D eigenvalue weighted by Crippen LogP contribution is -2.52. The molecule has 0 bridgehead atoms. The number of hydrogen-bond acceptors (Lipinski definition) is 4. The van der Waals surface area contributed by atoms with Crippen LogP contribution >= 0.6 is 11.6 Å². The molecular formula is C24H24ClF4N3O3. The van der Waals surface area contributed by atoms with Crippen LogP contribution in [0.4, 0.5) is 17.6 Å². The normalized spacial score (nSPS) is 21.2. The third-order valence-electron chi connectivity index (χ3n) is 6.57. The third kappa shape index (κ3) is 5.13. The summed E-state index contributed by atoms with van der Waals surface area (Å²) in [6.45, 7) is 2.35. The molecule has 0 saturated carbocycles. The van der Waals surface area contributed by atoms with Crippen molar-refractivity contribution in [3.63, 3.8) is 0 Å². The smallest absolute Gasteiger partial charge is 0.280 e. The maximum absolute atomic E-state index is 14.7. The number of halogens is 5. The van der Waals surface area contributed by atoms with Gasteiger partial charge in [-0.25, -0.2) is 17.6 Å². The first kappa shape index (κ1) is 25.4. The Morgan fingerprint density at radius 1 is 1.20 bits per heavy atom. The van der Waals surface area contributed by atoms with Gasteiger partial charge in [-0.3, -0.25) is 14.6 Å². The van der Waals surface area contributed by atoms with Crippen molar-refractivity contribution in [1.29, 1.82) is 0 Å². The summed E-state index contributed by atoms with van der Waals surface area (Å²) in [5.74, 6) is -2.99. The van der Waals surface area contributed by atoms with Gasteiger partial charge in [0.1, 0.15) is 23.4 Å². The predicted molar refractivity (Wildman–Crippen MR) is 119 cm³/mol. The number of benzene rings is 1. The quantitative estimate of drug-likeness (QED) is 0.425. The van der Waals surface area contributed by atoms with E-state index in [1.165, 1.54) is 11.0 Å². The molecule has 0 spiro atoms. The van der Waals surface area contributed by atoms with Gasteiger partial charge >= 0.3 is 0 Å². The average Bonchev–Trinajstić information content (AvgIpc) is 3.23. The molecule has 11 heteroatoms. The van der Waals surface area contributed by atoms with E-state index in [-0.39, 0.29) is 41.3 Å². The minimum absolute atomic E-state index is 0.00297. The van der Waals surface area contributed by atoms with E-state index in [4.69, 9.17) is 16.3 Å². The van der Waals surface area contributed by atoms with Gasteiger partial charge in [-0.05, 0) is 43.5 Å². The summed E-state index contributed by atoms with van der Waals surface area (Å²) >= 11 is 5.68. The SMILES string of the molecule is CC[C@@H]1CC[C@H](C(=O)NC(c2cc(F)c(Cl)cc2F)C2COC2)N1C(=O)c1ccnc(C(F)F)c1. The summed E-state index contributed by atoms with van der Waals surface area (Å²) in [4.78, 5) is 31.7. The lowest BCUT2D eigenvalue weighted by Gasteiger charge is -2.36. The lowest BCUT2D eigenvalue weighted by molar-refractivity contribution is -0.128. The molecule has 1 unspecified atom stereocenters. The van der Waals surface area contributed by atoms with Gasteiger partial charge in [0.2, 0.25) is 5.91 Å². The maximum atomic E-state index is 14.7. The Balaban J connectivity index is 1.61. The Morgan fingerprint density at radius 2 is 1.94 bits per heavy atom. The Hall–Kier alpha value is -2.72. The lowest BCUT2D eigenvalue weighted by atomic mass is 9.90. The molecule has 2 aliphatic heterocycles. The van der Waals surface area contributed by atoms with Gasteiger partial charge in [0, 0.05) is 29.3 Å². The fourth-order valence-electron chi connectivity index (χ4n) is 4.62. The van der Waals surface area contributed by atoms with Crippen molar-refractivity contribution in [1.82, 2.24) is 15.2 Å². The topological polar surface area (TPSA) is 71.5 Å². The van der Waals surface area contributed by atoms with Crippen LogP contribution < -0.4 is 5.32 Å². The average molecular weight is 514 g/mol. The van der Waals surface area contributed by atoms with Crippen molar-refractivity contribution in [2.24, 2.45) is 5.92 Å². The van der Waals surface area contributed by atoms with E-state index in [0.717, 1.165) is 24.4 Å². The van der Waals surface area contributed by atoms with Crippen molar-refractivity contribution in [2.45, 2.75) is 50.7 Å². The number of hydrogen-bond donors (Lipinski definition) is 1. The maximum Gasteiger partial charge on any atom is 0.280 e. The highest BCUT2D eigenvalue weighted by Gasteiger charge is 2.42. The highest BCUT2D eigenvalue weighted by Crippen LogP contribution is 2.34. The first-order chi connectivity index (χ1) is 16.7. The van der Waals surface area contributed by atoms with Crippen molar-refractivity contribution in [3.8, 4) is 0 Å². The highest BCUT2D eigenvalue weighted by molar-refractivity contribution is 6.30. The largest absolute Gasteiger partial charge is 0.381 e. The van der Waals surface area contributed by atoms with E-state index in [2.05, 4.69) is 10.3 Å². The van der Waals surface area contributed by atoms with Crippen molar-refractivity contribution in [2.75, 3.05) is 13.2 Å². The van der Waals surface area contributed by atoms with E-state index in [0.29, 0.717) is 19.3 Å². The number of nitrogens with zero attached hydrogens (tertiary/aromatic N) is 2. The third-order valence-corrected chi connectivity index (χ3v) is 6.86. The second-order valence-corrected chi connectivity index (χ2v) is 9.12. The summed E-state index contributed by atoms with van der Waals surface area (Å²) in [6, 6.07) is 2.08. The van der Waals surface area contributed by atoms with E-state index in [1.807, 2.05) is 6.92 Å². The molecule has 2 fully saturated rings. The number of rotatable bonds is 7. The number of alkyl halides is 2. The van der Waals surface area contributed by atoms with Crippen LogP contribution in [0.1, 0.15) is 60.3 Å². The van der Waals surface area contributed by atoms with Crippen molar-refractivity contribution >= 4 is 23.4 Å². The van der Waals surface area contributed by atoms with E-state index in [1.54, 1.807) is 0 Å². The molecule has 1 N–H and O–H groups in total. The Labute approximate surface area is 204 Å². The highest BCUT2D eigenvalue weighted by atomic mass is 35.5. The molecule has 2 saturated heterocycles. The van der Waals surface area contributed by atoms with Crippen LogP contribution in [0.5, 0.6) is 0 Å². The number of pyridine rings is 1. The fourth-order valence-corrected chi connectivity index (χ4v) is 4.77. The number of ether oxygens (including phenoxy) is 1. The Morgan fingerprint density at radius 3 is 2.57 bits per heavy atom. The van der Waals surface area contributed by atoms with Gasteiger partial charge in [-0.2, -0.15) is 0 Å². The van der Waals surface area contributed by atoms with Crippen LogP contribution in [-0.4, -0.2) is 47.0 Å². The van der Waals surface area contributed by atoms with Gasteiger partial charge < -0.3 is 15.0 Å².